The van der Waals surface area contributed by atoms with Crippen LogP contribution < -0.4 is 0 Å². The molecule has 0 atom stereocenters. The molecule has 1 heterocycles. The van der Waals surface area contributed by atoms with Gasteiger partial charge in [-0.1, -0.05) is 0 Å². The van der Waals surface area contributed by atoms with Gasteiger partial charge in [-0.2, -0.15) is 0 Å². The fourth-order valence-electron chi connectivity index (χ4n) is 1.71. The third-order valence-electron chi connectivity index (χ3n) is 2.77. The van der Waals surface area contributed by atoms with E-state index in [0.717, 1.165) is 24.7 Å². The lowest BCUT2D eigenvalue weighted by atomic mass is 10.4. The summed E-state index contributed by atoms with van der Waals surface area (Å²) < 4.78 is 2.17. The van der Waals surface area contributed by atoms with E-state index >= 15 is 0 Å². The fraction of sp³-hybridized carbons (Fsp3) is 0.727. The van der Waals surface area contributed by atoms with E-state index in [9.17, 15) is 0 Å². The van der Waals surface area contributed by atoms with Crippen LogP contribution in [0.1, 0.15) is 18.5 Å². The SMILES string of the molecule is Cc1cn(CCN(C)CC2CC2)cn1. The lowest BCUT2D eigenvalue weighted by Crippen LogP contribution is -2.25. The molecule has 1 fully saturated rings. The van der Waals surface area contributed by atoms with Gasteiger partial charge >= 0.3 is 0 Å². The second-order valence-corrected chi connectivity index (χ2v) is 4.46. The summed E-state index contributed by atoms with van der Waals surface area (Å²) in [7, 11) is 2.21. The van der Waals surface area contributed by atoms with Crippen LogP contribution in [0.4, 0.5) is 0 Å². The van der Waals surface area contributed by atoms with Gasteiger partial charge in [0.05, 0.1) is 12.0 Å². The molecule has 3 heteroatoms. The molecular formula is C11H19N3. The van der Waals surface area contributed by atoms with E-state index in [1.54, 1.807) is 0 Å². The highest BCUT2D eigenvalue weighted by Crippen LogP contribution is 2.29. The molecule has 78 valence electrons. The van der Waals surface area contributed by atoms with Crippen molar-refractivity contribution in [1.29, 1.82) is 0 Å². The van der Waals surface area contributed by atoms with Crippen molar-refractivity contribution >= 4 is 0 Å². The Hall–Kier alpha value is -0.830. The van der Waals surface area contributed by atoms with Crippen molar-refractivity contribution in [3.05, 3.63) is 18.2 Å². The Kier molecular flexibility index (Phi) is 2.87. The average molecular weight is 193 g/mol. The van der Waals surface area contributed by atoms with Crippen LogP contribution >= 0.6 is 0 Å². The Morgan fingerprint density at radius 1 is 1.57 bits per heavy atom. The molecule has 0 spiro atoms. The summed E-state index contributed by atoms with van der Waals surface area (Å²) in [6.45, 7) is 5.49. The minimum atomic E-state index is 0.990. The quantitative estimate of drug-likeness (QED) is 0.707. The zero-order valence-corrected chi connectivity index (χ0v) is 9.11. The molecule has 0 aliphatic heterocycles. The number of nitrogens with zero attached hydrogens (tertiary/aromatic N) is 3. The smallest absolute Gasteiger partial charge is 0.0949 e. The second-order valence-electron chi connectivity index (χ2n) is 4.46. The number of hydrogen-bond donors (Lipinski definition) is 0. The molecule has 0 radical (unpaired) electrons. The summed E-state index contributed by atoms with van der Waals surface area (Å²) >= 11 is 0. The van der Waals surface area contributed by atoms with Gasteiger partial charge in [0.25, 0.3) is 0 Å². The molecule has 14 heavy (non-hydrogen) atoms. The zero-order valence-electron chi connectivity index (χ0n) is 9.11. The van der Waals surface area contributed by atoms with Crippen molar-refractivity contribution < 1.29 is 0 Å². The normalized spacial score (nSPS) is 16.5. The molecule has 0 amide bonds. The van der Waals surface area contributed by atoms with Gasteiger partial charge in [0.2, 0.25) is 0 Å². The monoisotopic (exact) mass is 193 g/mol. The first-order valence-corrected chi connectivity index (χ1v) is 5.41. The number of aryl methyl sites for hydroxylation is 1. The lowest BCUT2D eigenvalue weighted by molar-refractivity contribution is 0.306. The maximum absolute atomic E-state index is 4.21. The van der Waals surface area contributed by atoms with Gasteiger partial charge in [-0.15, -0.1) is 0 Å². The first kappa shape index (κ1) is 9.71. The Morgan fingerprint density at radius 2 is 2.36 bits per heavy atom. The van der Waals surface area contributed by atoms with E-state index in [1.807, 2.05) is 13.3 Å². The predicted octanol–water partition coefficient (Wildman–Crippen LogP) is 1.53. The van der Waals surface area contributed by atoms with Crippen molar-refractivity contribution in [3.8, 4) is 0 Å². The lowest BCUT2D eigenvalue weighted by Gasteiger charge is -2.15. The van der Waals surface area contributed by atoms with Gasteiger partial charge in [0.1, 0.15) is 0 Å². The topological polar surface area (TPSA) is 21.1 Å². The molecular weight excluding hydrogens is 174 g/mol. The van der Waals surface area contributed by atoms with Gasteiger partial charge in [0.15, 0.2) is 0 Å². The average Bonchev–Trinajstić information content (AvgIpc) is 2.85. The maximum atomic E-state index is 4.21. The molecule has 3 nitrogen and oxygen atoms in total. The van der Waals surface area contributed by atoms with Crippen molar-refractivity contribution in [2.24, 2.45) is 5.92 Å². The molecule has 0 saturated heterocycles. The standard InChI is InChI=1S/C11H19N3/c1-10-7-14(9-12-10)6-5-13(2)8-11-3-4-11/h7,9,11H,3-6,8H2,1-2H3. The summed E-state index contributed by atoms with van der Waals surface area (Å²) in [5.41, 5.74) is 1.11. The highest BCUT2D eigenvalue weighted by Gasteiger charge is 2.22. The van der Waals surface area contributed by atoms with E-state index in [1.165, 1.54) is 19.4 Å². The van der Waals surface area contributed by atoms with E-state index in [2.05, 4.69) is 27.7 Å². The van der Waals surface area contributed by atoms with Crippen molar-refractivity contribution in [2.45, 2.75) is 26.3 Å². The largest absolute Gasteiger partial charge is 0.336 e. The number of likely N-dealkylation sites (N-methyl/N-ethyl adjacent to an activating group) is 1. The molecule has 0 N–H and O–H groups in total. The molecule has 1 aromatic rings. The molecule has 1 saturated carbocycles. The van der Waals surface area contributed by atoms with Gasteiger partial charge < -0.3 is 9.47 Å². The van der Waals surface area contributed by atoms with Gasteiger partial charge in [-0.05, 0) is 32.7 Å². The van der Waals surface area contributed by atoms with Gasteiger partial charge in [-0.3, -0.25) is 0 Å². The Balaban J connectivity index is 1.70. The van der Waals surface area contributed by atoms with Crippen molar-refractivity contribution in [1.82, 2.24) is 14.5 Å². The molecule has 1 aromatic heterocycles. The molecule has 0 aromatic carbocycles. The van der Waals surface area contributed by atoms with Crippen LogP contribution in [-0.2, 0) is 6.54 Å². The van der Waals surface area contributed by atoms with Crippen LogP contribution in [-0.4, -0.2) is 34.6 Å². The summed E-state index contributed by atoms with van der Waals surface area (Å²) in [6, 6.07) is 0. The molecule has 0 unspecified atom stereocenters. The molecule has 0 bridgehead atoms. The van der Waals surface area contributed by atoms with Gasteiger partial charge in [-0.25, -0.2) is 4.98 Å². The predicted molar refractivity (Wildman–Crippen MR) is 57.2 cm³/mol. The minimum Gasteiger partial charge on any atom is -0.336 e. The van der Waals surface area contributed by atoms with Crippen LogP contribution in [0.3, 0.4) is 0 Å². The third-order valence-corrected chi connectivity index (χ3v) is 2.77. The summed E-state index contributed by atoms with van der Waals surface area (Å²) in [6.07, 6.45) is 6.90. The second kappa shape index (κ2) is 4.13. The number of imidazole rings is 1. The Bertz CT molecular complexity index is 288. The first-order chi connectivity index (χ1) is 6.74. The fourth-order valence-corrected chi connectivity index (χ4v) is 1.71. The van der Waals surface area contributed by atoms with E-state index in [-0.39, 0.29) is 0 Å². The highest BCUT2D eigenvalue weighted by atomic mass is 15.1. The Labute approximate surface area is 85.7 Å². The van der Waals surface area contributed by atoms with E-state index in [0.29, 0.717) is 0 Å². The van der Waals surface area contributed by atoms with Crippen LogP contribution in [0, 0.1) is 12.8 Å². The molecule has 1 aliphatic rings. The highest BCUT2D eigenvalue weighted by molar-refractivity contribution is 4.92. The summed E-state index contributed by atoms with van der Waals surface area (Å²) in [5.74, 6) is 0.990. The van der Waals surface area contributed by atoms with Crippen molar-refractivity contribution in [3.63, 3.8) is 0 Å². The molecule has 1 aliphatic carbocycles. The minimum absolute atomic E-state index is 0.990. The van der Waals surface area contributed by atoms with Crippen LogP contribution in [0.2, 0.25) is 0 Å². The third kappa shape index (κ3) is 2.84. The number of hydrogen-bond acceptors (Lipinski definition) is 2. The van der Waals surface area contributed by atoms with Crippen molar-refractivity contribution in [2.75, 3.05) is 20.1 Å². The summed E-state index contributed by atoms with van der Waals surface area (Å²) in [4.78, 5) is 6.64. The first-order valence-electron chi connectivity index (χ1n) is 5.41. The number of rotatable bonds is 5. The maximum Gasteiger partial charge on any atom is 0.0949 e. The van der Waals surface area contributed by atoms with Crippen LogP contribution in [0.25, 0.3) is 0 Å². The molecule has 2 rings (SSSR count). The number of aromatic nitrogens is 2. The zero-order chi connectivity index (χ0) is 9.97. The van der Waals surface area contributed by atoms with E-state index in [4.69, 9.17) is 0 Å². The van der Waals surface area contributed by atoms with Crippen LogP contribution in [0.5, 0.6) is 0 Å². The summed E-state index contributed by atoms with van der Waals surface area (Å²) in [5, 5.41) is 0. The van der Waals surface area contributed by atoms with E-state index < -0.39 is 0 Å². The Morgan fingerprint density at radius 3 is 2.93 bits per heavy atom. The van der Waals surface area contributed by atoms with Crippen LogP contribution in [0.15, 0.2) is 12.5 Å². The van der Waals surface area contributed by atoms with Gasteiger partial charge in [0, 0.05) is 25.8 Å².